The molecule has 0 saturated carbocycles. The standard InChI is InChI=1S/C27H27FN4O2/c1-18-14-22(8-9-23(18)28)24-15-25(20-6-4-3-5-7-20)32(30-24)17-26(33)31-12-10-21(11-13-31)27-29-16-19(2)34-27/h3-9,14-16,21H,10-13,17H2,1-2H3. The van der Waals surface area contributed by atoms with E-state index in [4.69, 9.17) is 9.52 Å². The molecule has 5 rings (SSSR count). The van der Waals surface area contributed by atoms with Gasteiger partial charge in [0.1, 0.15) is 18.1 Å². The van der Waals surface area contributed by atoms with Crippen LogP contribution in [0, 0.1) is 19.7 Å². The molecule has 0 radical (unpaired) electrons. The van der Waals surface area contributed by atoms with Gasteiger partial charge in [0.05, 0.1) is 17.6 Å². The SMILES string of the molecule is Cc1cnc(C2CCN(C(=O)Cn3nc(-c4ccc(F)c(C)c4)cc3-c3ccccc3)CC2)o1. The number of aryl methyl sites for hydroxylation is 2. The monoisotopic (exact) mass is 458 g/mol. The first-order chi connectivity index (χ1) is 16.5. The highest BCUT2D eigenvalue weighted by Crippen LogP contribution is 2.29. The highest BCUT2D eigenvalue weighted by Gasteiger charge is 2.27. The van der Waals surface area contributed by atoms with Crippen molar-refractivity contribution in [1.82, 2.24) is 19.7 Å². The molecule has 0 unspecified atom stereocenters. The minimum Gasteiger partial charge on any atom is -0.446 e. The molecule has 3 heterocycles. The highest BCUT2D eigenvalue weighted by atomic mass is 19.1. The Morgan fingerprint density at radius 3 is 2.50 bits per heavy atom. The minimum absolute atomic E-state index is 0.0316. The minimum atomic E-state index is -0.245. The molecule has 1 saturated heterocycles. The summed E-state index contributed by atoms with van der Waals surface area (Å²) < 4.78 is 21.2. The second kappa shape index (κ2) is 9.25. The van der Waals surface area contributed by atoms with Crippen molar-refractivity contribution in [2.45, 2.75) is 39.2 Å². The van der Waals surface area contributed by atoms with Gasteiger partial charge in [0.25, 0.3) is 0 Å². The summed E-state index contributed by atoms with van der Waals surface area (Å²) in [6, 6.07) is 16.8. The van der Waals surface area contributed by atoms with E-state index in [0.717, 1.165) is 41.3 Å². The fourth-order valence-corrected chi connectivity index (χ4v) is 4.49. The average molecular weight is 459 g/mol. The van der Waals surface area contributed by atoms with Crippen LogP contribution < -0.4 is 0 Å². The van der Waals surface area contributed by atoms with Gasteiger partial charge in [-0.1, -0.05) is 30.3 Å². The normalized spacial score (nSPS) is 14.5. The van der Waals surface area contributed by atoms with E-state index in [1.807, 2.05) is 48.2 Å². The van der Waals surface area contributed by atoms with E-state index in [1.165, 1.54) is 6.07 Å². The van der Waals surface area contributed by atoms with Crippen molar-refractivity contribution in [2.75, 3.05) is 13.1 Å². The first-order valence-corrected chi connectivity index (χ1v) is 11.6. The number of oxazole rings is 1. The molecule has 2 aromatic carbocycles. The topological polar surface area (TPSA) is 64.2 Å². The van der Waals surface area contributed by atoms with Crippen molar-refractivity contribution >= 4 is 5.91 Å². The molecule has 7 heteroatoms. The summed E-state index contributed by atoms with van der Waals surface area (Å²) in [5.74, 6) is 1.61. The van der Waals surface area contributed by atoms with Crippen LogP contribution in [0.25, 0.3) is 22.5 Å². The first-order valence-electron chi connectivity index (χ1n) is 11.6. The van der Waals surface area contributed by atoms with Gasteiger partial charge in [-0.3, -0.25) is 9.48 Å². The number of benzene rings is 2. The molecule has 0 atom stereocenters. The lowest BCUT2D eigenvalue weighted by atomic mass is 9.97. The molecule has 1 aliphatic rings. The number of hydrogen-bond acceptors (Lipinski definition) is 4. The van der Waals surface area contributed by atoms with E-state index in [9.17, 15) is 9.18 Å². The molecule has 174 valence electrons. The average Bonchev–Trinajstić information content (AvgIpc) is 3.48. The molecular formula is C27H27FN4O2. The largest absolute Gasteiger partial charge is 0.446 e. The van der Waals surface area contributed by atoms with Crippen LogP contribution >= 0.6 is 0 Å². The van der Waals surface area contributed by atoms with Gasteiger partial charge in [0, 0.05) is 24.6 Å². The van der Waals surface area contributed by atoms with Crippen LogP contribution in [0.5, 0.6) is 0 Å². The number of nitrogens with zero attached hydrogens (tertiary/aromatic N) is 4. The van der Waals surface area contributed by atoms with Crippen LogP contribution in [0.3, 0.4) is 0 Å². The molecule has 1 amide bonds. The molecule has 0 N–H and O–H groups in total. The lowest BCUT2D eigenvalue weighted by Gasteiger charge is -2.30. The Balaban J connectivity index is 1.36. The zero-order valence-corrected chi connectivity index (χ0v) is 19.4. The molecule has 2 aromatic heterocycles. The van der Waals surface area contributed by atoms with Crippen molar-refractivity contribution in [1.29, 1.82) is 0 Å². The molecule has 0 bridgehead atoms. The third-order valence-electron chi connectivity index (χ3n) is 6.42. The molecule has 6 nitrogen and oxygen atoms in total. The summed E-state index contributed by atoms with van der Waals surface area (Å²) in [6.45, 7) is 5.10. The van der Waals surface area contributed by atoms with Gasteiger partial charge in [0.2, 0.25) is 5.91 Å². The van der Waals surface area contributed by atoms with Gasteiger partial charge in [-0.25, -0.2) is 9.37 Å². The van der Waals surface area contributed by atoms with Gasteiger partial charge in [-0.2, -0.15) is 5.10 Å². The first kappa shape index (κ1) is 22.1. The van der Waals surface area contributed by atoms with E-state index in [-0.39, 0.29) is 24.2 Å². The zero-order valence-electron chi connectivity index (χ0n) is 19.4. The maximum absolute atomic E-state index is 13.8. The molecule has 0 aliphatic carbocycles. The number of likely N-dealkylation sites (tertiary alicyclic amines) is 1. The summed E-state index contributed by atoms with van der Waals surface area (Å²) in [4.78, 5) is 19.5. The summed E-state index contributed by atoms with van der Waals surface area (Å²) in [5.41, 5.74) is 3.94. The Hall–Kier alpha value is -3.74. The summed E-state index contributed by atoms with van der Waals surface area (Å²) in [6.07, 6.45) is 3.41. The van der Waals surface area contributed by atoms with Gasteiger partial charge < -0.3 is 9.32 Å². The lowest BCUT2D eigenvalue weighted by molar-refractivity contribution is -0.133. The van der Waals surface area contributed by atoms with Gasteiger partial charge in [-0.15, -0.1) is 0 Å². The van der Waals surface area contributed by atoms with Gasteiger partial charge in [0.15, 0.2) is 5.89 Å². The predicted molar refractivity (Wildman–Crippen MR) is 128 cm³/mol. The van der Waals surface area contributed by atoms with Crippen molar-refractivity contribution in [3.05, 3.63) is 83.8 Å². The second-order valence-corrected chi connectivity index (χ2v) is 8.87. The number of rotatable bonds is 5. The Kier molecular flexibility index (Phi) is 6.01. The van der Waals surface area contributed by atoms with Crippen molar-refractivity contribution < 1.29 is 13.6 Å². The zero-order chi connectivity index (χ0) is 23.7. The second-order valence-electron chi connectivity index (χ2n) is 8.87. The summed E-state index contributed by atoms with van der Waals surface area (Å²) in [7, 11) is 0. The Morgan fingerprint density at radius 2 is 1.82 bits per heavy atom. The summed E-state index contributed by atoms with van der Waals surface area (Å²) >= 11 is 0. The van der Waals surface area contributed by atoms with Crippen LogP contribution in [0.15, 0.2) is 65.2 Å². The Labute approximate surface area is 198 Å². The smallest absolute Gasteiger partial charge is 0.244 e. The number of carbonyl (C=O) groups is 1. The quantitative estimate of drug-likeness (QED) is 0.404. The maximum atomic E-state index is 13.8. The van der Waals surface area contributed by atoms with E-state index >= 15 is 0 Å². The molecular weight excluding hydrogens is 431 g/mol. The lowest BCUT2D eigenvalue weighted by Crippen LogP contribution is -2.40. The number of hydrogen-bond donors (Lipinski definition) is 0. The van der Waals surface area contributed by atoms with E-state index in [0.29, 0.717) is 24.3 Å². The van der Waals surface area contributed by atoms with Crippen LogP contribution in [0.2, 0.25) is 0 Å². The molecule has 1 aliphatic heterocycles. The summed E-state index contributed by atoms with van der Waals surface area (Å²) in [5, 5.41) is 4.75. The van der Waals surface area contributed by atoms with Gasteiger partial charge >= 0.3 is 0 Å². The van der Waals surface area contributed by atoms with E-state index < -0.39 is 0 Å². The number of halogens is 1. The van der Waals surface area contributed by atoms with Crippen molar-refractivity contribution in [2.24, 2.45) is 0 Å². The van der Waals surface area contributed by atoms with Crippen LogP contribution in [-0.4, -0.2) is 38.7 Å². The fraction of sp³-hybridized carbons (Fsp3) is 0.296. The maximum Gasteiger partial charge on any atom is 0.244 e. The van der Waals surface area contributed by atoms with Crippen LogP contribution in [-0.2, 0) is 11.3 Å². The molecule has 34 heavy (non-hydrogen) atoms. The molecule has 0 spiro atoms. The number of amides is 1. The predicted octanol–water partition coefficient (Wildman–Crippen LogP) is 5.37. The van der Waals surface area contributed by atoms with Crippen molar-refractivity contribution in [3.8, 4) is 22.5 Å². The third kappa shape index (κ3) is 4.51. The molecule has 1 fully saturated rings. The molecule has 4 aromatic rings. The van der Waals surface area contributed by atoms with E-state index in [1.54, 1.807) is 29.9 Å². The van der Waals surface area contributed by atoms with Gasteiger partial charge in [-0.05, 0) is 62.1 Å². The number of aromatic nitrogens is 3. The Morgan fingerprint density at radius 1 is 1.06 bits per heavy atom. The van der Waals surface area contributed by atoms with Crippen LogP contribution in [0.1, 0.15) is 36.0 Å². The number of piperidine rings is 1. The fourth-order valence-electron chi connectivity index (χ4n) is 4.49. The van der Waals surface area contributed by atoms with E-state index in [2.05, 4.69) is 4.98 Å². The Bertz CT molecular complexity index is 1300. The number of carbonyl (C=O) groups excluding carboxylic acids is 1. The highest BCUT2D eigenvalue weighted by molar-refractivity contribution is 5.78. The van der Waals surface area contributed by atoms with Crippen molar-refractivity contribution in [3.63, 3.8) is 0 Å². The van der Waals surface area contributed by atoms with Crippen LogP contribution in [0.4, 0.5) is 4.39 Å². The third-order valence-corrected chi connectivity index (χ3v) is 6.42.